The first-order valence-corrected chi connectivity index (χ1v) is 8.57. The van der Waals surface area contributed by atoms with Crippen molar-refractivity contribution < 1.29 is 14.3 Å². The largest absolute Gasteiger partial charge is 0.497 e. The monoisotopic (exact) mass is 328 g/mol. The van der Waals surface area contributed by atoms with Crippen molar-refractivity contribution in [1.29, 1.82) is 0 Å². The van der Waals surface area contributed by atoms with Crippen LogP contribution in [0.5, 0.6) is 5.75 Å². The molecule has 0 amide bonds. The Kier molecular flexibility index (Phi) is 4.62. The smallest absolute Gasteiger partial charge is 0.322 e. The van der Waals surface area contributed by atoms with E-state index in [4.69, 9.17) is 9.47 Å². The maximum atomic E-state index is 12.5. The molecule has 3 nitrogen and oxygen atoms in total. The number of rotatable bonds is 5. The average Bonchev–Trinajstić information content (AvgIpc) is 2.99. The molecule has 0 radical (unpaired) electrons. The van der Waals surface area contributed by atoms with Gasteiger partial charge in [0.15, 0.2) is 0 Å². The molecule has 0 atom stereocenters. The fourth-order valence-corrected chi connectivity index (χ4v) is 4.37. The minimum atomic E-state index is -0.516. The van der Waals surface area contributed by atoms with Crippen molar-refractivity contribution >= 4 is 17.7 Å². The van der Waals surface area contributed by atoms with Gasteiger partial charge in [-0.2, -0.15) is 0 Å². The van der Waals surface area contributed by atoms with Gasteiger partial charge in [-0.15, -0.1) is 11.8 Å². The average molecular weight is 328 g/mol. The van der Waals surface area contributed by atoms with Crippen LogP contribution in [0.25, 0.3) is 0 Å². The zero-order valence-electron chi connectivity index (χ0n) is 13.4. The van der Waals surface area contributed by atoms with Gasteiger partial charge in [-0.25, -0.2) is 0 Å². The number of hydrogen-bond acceptors (Lipinski definition) is 4. The maximum Gasteiger partial charge on any atom is 0.322 e. The van der Waals surface area contributed by atoms with E-state index in [0.717, 1.165) is 24.3 Å². The molecule has 0 unspecified atom stereocenters. The highest BCUT2D eigenvalue weighted by atomic mass is 32.2. The first-order valence-electron chi connectivity index (χ1n) is 7.59. The van der Waals surface area contributed by atoms with Crippen molar-refractivity contribution in [2.24, 2.45) is 0 Å². The molecule has 0 saturated heterocycles. The first kappa shape index (κ1) is 15.9. The van der Waals surface area contributed by atoms with Crippen molar-refractivity contribution in [2.45, 2.75) is 23.3 Å². The molecule has 0 fully saturated rings. The summed E-state index contributed by atoms with van der Waals surface area (Å²) in [6.45, 7) is 0. The summed E-state index contributed by atoms with van der Waals surface area (Å²) < 4.78 is 9.78. The van der Waals surface area contributed by atoms with Gasteiger partial charge in [0.2, 0.25) is 0 Å². The van der Waals surface area contributed by atoms with E-state index in [1.165, 1.54) is 23.8 Å². The molecule has 2 aromatic carbocycles. The zero-order chi connectivity index (χ0) is 16.3. The van der Waals surface area contributed by atoms with Crippen LogP contribution < -0.4 is 4.74 Å². The van der Waals surface area contributed by atoms with Gasteiger partial charge < -0.3 is 9.47 Å². The molecule has 0 aliphatic heterocycles. The van der Waals surface area contributed by atoms with Crippen LogP contribution in [0.2, 0.25) is 0 Å². The van der Waals surface area contributed by atoms with Crippen LogP contribution in [0, 0.1) is 0 Å². The number of carbonyl (C=O) groups is 1. The maximum absolute atomic E-state index is 12.5. The Labute approximate surface area is 141 Å². The van der Waals surface area contributed by atoms with Crippen molar-refractivity contribution in [3.63, 3.8) is 0 Å². The highest BCUT2D eigenvalue weighted by Gasteiger charge is 2.45. The highest BCUT2D eigenvalue weighted by Crippen LogP contribution is 2.42. The quantitative estimate of drug-likeness (QED) is 0.785. The van der Waals surface area contributed by atoms with Crippen LogP contribution in [0.15, 0.2) is 48.5 Å². The summed E-state index contributed by atoms with van der Waals surface area (Å²) in [5.74, 6) is 1.48. The summed E-state index contributed by atoms with van der Waals surface area (Å²) in [4.78, 5) is 12.5. The summed E-state index contributed by atoms with van der Waals surface area (Å²) in [7, 11) is 3.13. The van der Waals surface area contributed by atoms with Gasteiger partial charge in [0.1, 0.15) is 10.5 Å². The summed E-state index contributed by atoms with van der Waals surface area (Å²) in [5.41, 5.74) is 3.68. The lowest BCUT2D eigenvalue weighted by molar-refractivity contribution is -0.143. The number of esters is 1. The molecule has 1 aliphatic carbocycles. The summed E-state index contributed by atoms with van der Waals surface area (Å²) in [5, 5.41) is 0. The number of hydrogen-bond donors (Lipinski definition) is 0. The predicted octanol–water partition coefficient (Wildman–Crippen LogP) is 3.64. The number of thioether (sulfide) groups is 1. The van der Waals surface area contributed by atoms with Gasteiger partial charge in [0.25, 0.3) is 0 Å². The number of methoxy groups -OCH3 is 2. The fraction of sp³-hybridized carbons (Fsp3) is 0.316. The Morgan fingerprint density at radius 1 is 1.04 bits per heavy atom. The Morgan fingerprint density at radius 3 is 2.17 bits per heavy atom. The van der Waals surface area contributed by atoms with Crippen LogP contribution in [0.3, 0.4) is 0 Å². The van der Waals surface area contributed by atoms with E-state index < -0.39 is 4.75 Å². The van der Waals surface area contributed by atoms with Gasteiger partial charge in [-0.05, 0) is 41.7 Å². The normalized spacial score (nSPS) is 15.0. The molecule has 0 bridgehead atoms. The second-order valence-electron chi connectivity index (χ2n) is 5.74. The first-order chi connectivity index (χ1) is 11.2. The van der Waals surface area contributed by atoms with Gasteiger partial charge in [-0.3, -0.25) is 4.79 Å². The topological polar surface area (TPSA) is 35.5 Å². The molecule has 0 saturated carbocycles. The van der Waals surface area contributed by atoms with Gasteiger partial charge in [0.05, 0.1) is 14.2 Å². The molecular weight excluding hydrogens is 308 g/mol. The van der Waals surface area contributed by atoms with Crippen LogP contribution in [-0.4, -0.2) is 24.9 Å². The van der Waals surface area contributed by atoms with E-state index in [-0.39, 0.29) is 5.97 Å². The third-order valence-corrected chi connectivity index (χ3v) is 5.79. The van der Waals surface area contributed by atoms with Gasteiger partial charge in [-0.1, -0.05) is 36.4 Å². The Hall–Kier alpha value is -1.94. The number of carbonyl (C=O) groups excluding carboxylic acids is 1. The zero-order valence-corrected chi connectivity index (χ0v) is 14.2. The third kappa shape index (κ3) is 3.22. The van der Waals surface area contributed by atoms with E-state index in [2.05, 4.69) is 12.1 Å². The summed E-state index contributed by atoms with van der Waals surface area (Å²) in [6.07, 6.45) is 1.47. The molecule has 3 rings (SSSR count). The highest BCUT2D eigenvalue weighted by molar-refractivity contribution is 8.00. The minimum absolute atomic E-state index is 0.132. The molecule has 2 aromatic rings. The van der Waals surface area contributed by atoms with Crippen LogP contribution in [0.4, 0.5) is 0 Å². The van der Waals surface area contributed by atoms with E-state index in [1.54, 1.807) is 18.9 Å². The van der Waals surface area contributed by atoms with Crippen LogP contribution in [-0.2, 0) is 28.1 Å². The lowest BCUT2D eigenvalue weighted by Gasteiger charge is -2.25. The van der Waals surface area contributed by atoms with Crippen LogP contribution >= 0.6 is 11.8 Å². The van der Waals surface area contributed by atoms with Gasteiger partial charge >= 0.3 is 5.97 Å². The molecule has 23 heavy (non-hydrogen) atoms. The predicted molar refractivity (Wildman–Crippen MR) is 92.9 cm³/mol. The minimum Gasteiger partial charge on any atom is -0.497 e. The number of benzene rings is 2. The molecule has 0 spiro atoms. The van der Waals surface area contributed by atoms with Crippen molar-refractivity contribution in [3.05, 3.63) is 65.2 Å². The number of ether oxygens (including phenoxy) is 2. The lowest BCUT2D eigenvalue weighted by atomic mass is 10.1. The van der Waals surface area contributed by atoms with E-state index in [0.29, 0.717) is 0 Å². The Morgan fingerprint density at radius 2 is 1.65 bits per heavy atom. The molecule has 120 valence electrons. The summed E-state index contributed by atoms with van der Waals surface area (Å²) >= 11 is 1.67. The molecule has 0 aromatic heterocycles. The molecule has 0 N–H and O–H groups in total. The van der Waals surface area contributed by atoms with Crippen molar-refractivity contribution in [3.8, 4) is 5.75 Å². The molecule has 1 aliphatic rings. The van der Waals surface area contributed by atoms with Crippen LogP contribution in [0.1, 0.15) is 16.7 Å². The van der Waals surface area contributed by atoms with Gasteiger partial charge in [0, 0.05) is 5.75 Å². The molecular formula is C19H20O3S. The van der Waals surface area contributed by atoms with E-state index in [1.807, 2.05) is 36.4 Å². The van der Waals surface area contributed by atoms with Crippen molar-refractivity contribution in [2.75, 3.05) is 14.2 Å². The second kappa shape index (κ2) is 6.67. The fourth-order valence-electron chi connectivity index (χ4n) is 3.01. The SMILES string of the molecule is COC(=O)C1(SCc2ccc(OC)cc2)Cc2ccccc2C1. The van der Waals surface area contributed by atoms with Crippen molar-refractivity contribution in [1.82, 2.24) is 0 Å². The molecule has 0 heterocycles. The number of fused-ring (bicyclic) bond motifs is 1. The lowest BCUT2D eigenvalue weighted by Crippen LogP contribution is -2.37. The van der Waals surface area contributed by atoms with E-state index in [9.17, 15) is 4.79 Å². The second-order valence-corrected chi connectivity index (χ2v) is 7.10. The Bertz CT molecular complexity index is 669. The van der Waals surface area contributed by atoms with E-state index >= 15 is 0 Å². The third-order valence-electron chi connectivity index (χ3n) is 4.30. The summed E-state index contributed by atoms with van der Waals surface area (Å²) in [6, 6.07) is 16.2. The molecule has 4 heteroatoms. The Balaban J connectivity index is 1.77. The standard InChI is InChI=1S/C19H20O3S/c1-21-17-9-7-14(8-10-17)13-23-19(18(20)22-2)11-15-5-3-4-6-16(15)12-19/h3-10H,11-13H2,1-2H3.